The highest BCUT2D eigenvalue weighted by Gasteiger charge is 2.37. The van der Waals surface area contributed by atoms with Crippen LogP contribution < -0.4 is 15.0 Å². The number of benzene rings is 1. The molecule has 23 heavy (non-hydrogen) atoms. The molecule has 6 heteroatoms. The molecule has 2 aliphatic heterocycles. The predicted molar refractivity (Wildman–Crippen MR) is 85.4 cm³/mol. The van der Waals surface area contributed by atoms with Crippen molar-refractivity contribution in [2.75, 3.05) is 31.7 Å². The summed E-state index contributed by atoms with van der Waals surface area (Å²) in [5.74, 6) is -0.189. The van der Waals surface area contributed by atoms with Gasteiger partial charge in [0.25, 0.3) is 0 Å². The van der Waals surface area contributed by atoms with Crippen LogP contribution >= 0.6 is 0 Å². The largest absolute Gasteiger partial charge is 0.497 e. The monoisotopic (exact) mass is 318 g/mol. The van der Waals surface area contributed by atoms with Gasteiger partial charge in [-0.1, -0.05) is 0 Å². The number of nitrogens with zero attached hydrogens (tertiary/aromatic N) is 1. The minimum Gasteiger partial charge on any atom is -0.497 e. The molecule has 0 radical (unpaired) electrons. The zero-order valence-electron chi connectivity index (χ0n) is 13.3. The number of nitrogens with one attached hydrogen (secondary N) is 1. The van der Waals surface area contributed by atoms with Gasteiger partial charge in [0.1, 0.15) is 11.7 Å². The Hall–Kier alpha value is -2.08. The highest BCUT2D eigenvalue weighted by atomic mass is 16.5. The minimum atomic E-state index is -0.599. The number of carbonyl (C=O) groups is 2. The van der Waals surface area contributed by atoms with Gasteiger partial charge < -0.3 is 19.7 Å². The van der Waals surface area contributed by atoms with E-state index < -0.39 is 5.92 Å². The smallest absolute Gasteiger partial charge is 0.239 e. The summed E-state index contributed by atoms with van der Waals surface area (Å²) >= 11 is 0. The Morgan fingerprint density at radius 2 is 2.13 bits per heavy atom. The van der Waals surface area contributed by atoms with Crippen LogP contribution in [0.2, 0.25) is 0 Å². The first-order valence-electron chi connectivity index (χ1n) is 8.04. The van der Waals surface area contributed by atoms with E-state index in [1.807, 2.05) is 24.3 Å². The van der Waals surface area contributed by atoms with Gasteiger partial charge in [-0.25, -0.2) is 0 Å². The van der Waals surface area contributed by atoms with Crippen LogP contribution in [0.25, 0.3) is 0 Å². The fourth-order valence-electron chi connectivity index (χ4n) is 3.08. The lowest BCUT2D eigenvalue weighted by atomic mass is 10.1. The number of ether oxygens (including phenoxy) is 2. The molecule has 2 aliphatic rings. The van der Waals surface area contributed by atoms with Crippen molar-refractivity contribution in [3.8, 4) is 5.75 Å². The Balaban J connectivity index is 1.57. The lowest BCUT2D eigenvalue weighted by molar-refractivity contribution is -0.132. The van der Waals surface area contributed by atoms with Crippen LogP contribution in [-0.4, -0.2) is 44.7 Å². The lowest BCUT2D eigenvalue weighted by Gasteiger charge is -2.17. The fourth-order valence-corrected chi connectivity index (χ4v) is 3.08. The highest BCUT2D eigenvalue weighted by Crippen LogP contribution is 2.27. The Bertz CT molecular complexity index is 566. The first kappa shape index (κ1) is 15.8. The Morgan fingerprint density at radius 1 is 1.35 bits per heavy atom. The van der Waals surface area contributed by atoms with Gasteiger partial charge >= 0.3 is 0 Å². The molecule has 6 nitrogen and oxygen atoms in total. The first-order valence-corrected chi connectivity index (χ1v) is 8.04. The van der Waals surface area contributed by atoms with Crippen molar-refractivity contribution in [1.29, 1.82) is 0 Å². The van der Waals surface area contributed by atoms with Gasteiger partial charge in [0, 0.05) is 25.4 Å². The number of anilines is 1. The van der Waals surface area contributed by atoms with Crippen LogP contribution in [0, 0.1) is 5.92 Å². The molecule has 3 rings (SSSR count). The van der Waals surface area contributed by atoms with Crippen molar-refractivity contribution in [3.05, 3.63) is 24.3 Å². The molecule has 2 fully saturated rings. The molecule has 1 aromatic carbocycles. The van der Waals surface area contributed by atoms with E-state index in [2.05, 4.69) is 5.32 Å². The summed E-state index contributed by atoms with van der Waals surface area (Å²) in [6.07, 6.45) is 2.64. The third-order valence-electron chi connectivity index (χ3n) is 4.43. The lowest BCUT2D eigenvalue weighted by Crippen LogP contribution is -2.39. The quantitative estimate of drug-likeness (QED) is 0.832. The summed E-state index contributed by atoms with van der Waals surface area (Å²) in [6.45, 7) is 1.81. The van der Waals surface area contributed by atoms with E-state index in [9.17, 15) is 9.59 Å². The number of rotatable bonds is 5. The number of amides is 2. The molecular formula is C17H22N2O4. The summed E-state index contributed by atoms with van der Waals surface area (Å²) < 4.78 is 10.6. The molecule has 0 bridgehead atoms. The predicted octanol–water partition coefficient (Wildman–Crippen LogP) is 1.34. The van der Waals surface area contributed by atoms with Crippen molar-refractivity contribution in [2.45, 2.75) is 25.4 Å². The third kappa shape index (κ3) is 3.47. The van der Waals surface area contributed by atoms with E-state index in [1.54, 1.807) is 12.0 Å². The molecule has 0 aliphatic carbocycles. The van der Waals surface area contributed by atoms with Crippen LogP contribution in [0.3, 0.4) is 0 Å². The molecular weight excluding hydrogens is 296 g/mol. The summed E-state index contributed by atoms with van der Waals surface area (Å²) in [5.41, 5.74) is 0.797. The number of hydrogen-bond acceptors (Lipinski definition) is 4. The molecule has 1 aromatic rings. The molecule has 2 saturated heterocycles. The minimum absolute atomic E-state index is 0.0909. The maximum Gasteiger partial charge on any atom is 0.239 e. The number of methoxy groups -OCH3 is 1. The Kier molecular flexibility index (Phi) is 4.81. The first-order chi connectivity index (χ1) is 11.2. The van der Waals surface area contributed by atoms with Crippen molar-refractivity contribution in [3.63, 3.8) is 0 Å². The van der Waals surface area contributed by atoms with Gasteiger partial charge in [-0.05, 0) is 43.5 Å². The van der Waals surface area contributed by atoms with Gasteiger partial charge in [-0.2, -0.15) is 0 Å². The van der Waals surface area contributed by atoms with Crippen molar-refractivity contribution < 1.29 is 19.1 Å². The third-order valence-corrected chi connectivity index (χ3v) is 4.43. The van der Waals surface area contributed by atoms with Gasteiger partial charge in [0.05, 0.1) is 13.2 Å². The van der Waals surface area contributed by atoms with Gasteiger partial charge in [0.2, 0.25) is 11.8 Å². The molecule has 0 spiro atoms. The van der Waals surface area contributed by atoms with E-state index in [-0.39, 0.29) is 17.9 Å². The Labute approximate surface area is 135 Å². The maximum atomic E-state index is 12.5. The second kappa shape index (κ2) is 7.00. The summed E-state index contributed by atoms with van der Waals surface area (Å²) in [5, 5.41) is 2.86. The van der Waals surface area contributed by atoms with E-state index in [0.717, 1.165) is 30.9 Å². The number of carbonyl (C=O) groups excluding carboxylic acids is 2. The van der Waals surface area contributed by atoms with Crippen LogP contribution in [0.15, 0.2) is 24.3 Å². The molecule has 124 valence electrons. The molecule has 2 amide bonds. The van der Waals surface area contributed by atoms with Crippen LogP contribution in [0.4, 0.5) is 5.69 Å². The summed E-state index contributed by atoms with van der Waals surface area (Å²) in [4.78, 5) is 26.4. The fraction of sp³-hybridized carbons (Fsp3) is 0.529. The topological polar surface area (TPSA) is 67.9 Å². The standard InChI is InChI=1S/C17H22N2O4/c1-22-13-6-4-12(5-7-13)19-9-8-15(17(19)21)16(20)18-11-14-3-2-10-23-14/h4-7,14-15H,2-3,8-11H2,1H3,(H,18,20). The summed E-state index contributed by atoms with van der Waals surface area (Å²) in [7, 11) is 1.60. The van der Waals surface area contributed by atoms with Gasteiger partial charge in [-0.3, -0.25) is 9.59 Å². The van der Waals surface area contributed by atoms with E-state index in [1.165, 1.54) is 0 Å². The normalized spacial score (nSPS) is 24.0. The zero-order valence-corrected chi connectivity index (χ0v) is 13.3. The Morgan fingerprint density at radius 3 is 2.78 bits per heavy atom. The van der Waals surface area contributed by atoms with Crippen LogP contribution in [0.1, 0.15) is 19.3 Å². The molecule has 0 aromatic heterocycles. The molecule has 0 saturated carbocycles. The van der Waals surface area contributed by atoms with Crippen molar-refractivity contribution in [1.82, 2.24) is 5.32 Å². The van der Waals surface area contributed by atoms with Crippen molar-refractivity contribution in [2.24, 2.45) is 5.92 Å². The SMILES string of the molecule is COc1ccc(N2CCC(C(=O)NCC3CCCO3)C2=O)cc1. The van der Waals surface area contributed by atoms with Crippen LogP contribution in [-0.2, 0) is 14.3 Å². The highest BCUT2D eigenvalue weighted by molar-refractivity contribution is 6.09. The number of hydrogen-bond donors (Lipinski definition) is 1. The van der Waals surface area contributed by atoms with Crippen LogP contribution in [0.5, 0.6) is 5.75 Å². The van der Waals surface area contributed by atoms with Gasteiger partial charge in [-0.15, -0.1) is 0 Å². The molecule has 2 atom stereocenters. The average molecular weight is 318 g/mol. The maximum absolute atomic E-state index is 12.5. The summed E-state index contributed by atoms with van der Waals surface area (Å²) in [6, 6.07) is 7.30. The molecule has 1 N–H and O–H groups in total. The van der Waals surface area contributed by atoms with E-state index in [4.69, 9.17) is 9.47 Å². The van der Waals surface area contributed by atoms with Crippen molar-refractivity contribution >= 4 is 17.5 Å². The second-order valence-electron chi connectivity index (χ2n) is 5.91. The molecule has 2 unspecified atom stereocenters. The van der Waals surface area contributed by atoms with E-state index in [0.29, 0.717) is 19.5 Å². The molecule has 2 heterocycles. The average Bonchev–Trinajstić information content (AvgIpc) is 3.22. The zero-order chi connectivity index (χ0) is 16.2. The second-order valence-corrected chi connectivity index (χ2v) is 5.91. The van der Waals surface area contributed by atoms with E-state index >= 15 is 0 Å². The van der Waals surface area contributed by atoms with Gasteiger partial charge in [0.15, 0.2) is 0 Å².